The molecule has 0 spiro atoms. The van der Waals surface area contributed by atoms with Gasteiger partial charge in [-0.25, -0.2) is 4.39 Å². The van der Waals surface area contributed by atoms with Crippen LogP contribution in [0.2, 0.25) is 5.02 Å². The topological polar surface area (TPSA) is 29.1 Å². The molecule has 1 N–H and O–H groups in total. The average Bonchev–Trinajstić information content (AvgIpc) is 2.81. The maximum absolute atomic E-state index is 14.0. The van der Waals surface area contributed by atoms with Crippen molar-refractivity contribution in [1.82, 2.24) is 0 Å². The lowest BCUT2D eigenvalue weighted by Gasteiger charge is -2.11. The zero-order valence-electron chi connectivity index (χ0n) is 13.0. The van der Waals surface area contributed by atoms with Crippen molar-refractivity contribution in [2.24, 2.45) is 0 Å². The van der Waals surface area contributed by atoms with E-state index in [1.807, 2.05) is 32.0 Å². The summed E-state index contributed by atoms with van der Waals surface area (Å²) in [6.45, 7) is 5.61. The summed E-state index contributed by atoms with van der Waals surface area (Å²) >= 11 is 7.52. The van der Waals surface area contributed by atoms with E-state index in [4.69, 9.17) is 11.6 Å². The zero-order valence-corrected chi connectivity index (χ0v) is 14.5. The number of rotatable bonds is 2. The van der Waals surface area contributed by atoms with E-state index in [2.05, 4.69) is 5.32 Å². The van der Waals surface area contributed by atoms with Crippen LogP contribution in [-0.4, -0.2) is 5.91 Å². The molecule has 0 atom stereocenters. The molecule has 1 aromatic heterocycles. The summed E-state index contributed by atoms with van der Waals surface area (Å²) in [6, 6.07) is 8.64. The molecule has 5 heteroatoms. The molecule has 0 radical (unpaired) electrons. The Hall–Kier alpha value is -1.91. The van der Waals surface area contributed by atoms with Gasteiger partial charge in [0.1, 0.15) is 5.82 Å². The first-order valence-corrected chi connectivity index (χ1v) is 8.33. The number of carbonyl (C=O) groups is 1. The number of anilines is 1. The highest BCUT2D eigenvalue weighted by molar-refractivity contribution is 7.21. The van der Waals surface area contributed by atoms with Crippen molar-refractivity contribution in [3.8, 4) is 0 Å². The fourth-order valence-electron chi connectivity index (χ4n) is 2.71. The number of halogens is 2. The lowest BCUT2D eigenvalue weighted by atomic mass is 10.1. The van der Waals surface area contributed by atoms with E-state index in [1.54, 1.807) is 13.0 Å². The molecule has 23 heavy (non-hydrogen) atoms. The number of aryl methyl sites for hydroxylation is 3. The van der Waals surface area contributed by atoms with E-state index in [1.165, 1.54) is 17.4 Å². The van der Waals surface area contributed by atoms with Crippen molar-refractivity contribution >= 4 is 44.6 Å². The summed E-state index contributed by atoms with van der Waals surface area (Å²) in [7, 11) is 0. The van der Waals surface area contributed by atoms with Crippen LogP contribution in [0, 0.1) is 26.6 Å². The third kappa shape index (κ3) is 2.84. The average molecular weight is 348 g/mol. The molecule has 0 aliphatic heterocycles. The molecule has 0 bridgehead atoms. The Balaban J connectivity index is 2.02. The van der Waals surface area contributed by atoms with Gasteiger partial charge in [-0.2, -0.15) is 0 Å². The molecular formula is C18H15ClFNOS. The Morgan fingerprint density at radius 3 is 2.61 bits per heavy atom. The number of hydrogen-bond acceptors (Lipinski definition) is 2. The van der Waals surface area contributed by atoms with Gasteiger partial charge in [0.2, 0.25) is 0 Å². The number of benzene rings is 2. The van der Waals surface area contributed by atoms with Gasteiger partial charge in [-0.1, -0.05) is 23.7 Å². The third-order valence-electron chi connectivity index (χ3n) is 3.78. The molecule has 1 heterocycles. The maximum Gasteiger partial charge on any atom is 0.266 e. The van der Waals surface area contributed by atoms with Crippen LogP contribution in [0.4, 0.5) is 10.1 Å². The Morgan fingerprint density at radius 1 is 1.22 bits per heavy atom. The quantitative estimate of drug-likeness (QED) is 0.617. The van der Waals surface area contributed by atoms with Crippen molar-refractivity contribution in [2.45, 2.75) is 20.8 Å². The molecule has 0 fully saturated rings. The Morgan fingerprint density at radius 2 is 1.96 bits per heavy atom. The van der Waals surface area contributed by atoms with Crippen LogP contribution < -0.4 is 5.32 Å². The van der Waals surface area contributed by atoms with E-state index >= 15 is 0 Å². The summed E-state index contributed by atoms with van der Waals surface area (Å²) in [5.41, 5.74) is 3.18. The number of nitrogens with one attached hydrogen (secondary N) is 1. The minimum Gasteiger partial charge on any atom is -0.320 e. The van der Waals surface area contributed by atoms with E-state index < -0.39 is 0 Å². The van der Waals surface area contributed by atoms with Crippen molar-refractivity contribution in [2.75, 3.05) is 5.32 Å². The first kappa shape index (κ1) is 16.0. The van der Waals surface area contributed by atoms with Crippen LogP contribution in [0.25, 0.3) is 10.1 Å². The van der Waals surface area contributed by atoms with Gasteiger partial charge in [-0.15, -0.1) is 11.3 Å². The molecule has 118 valence electrons. The van der Waals surface area contributed by atoms with Crippen molar-refractivity contribution in [3.05, 3.63) is 62.7 Å². The number of thiophene rings is 1. The summed E-state index contributed by atoms with van der Waals surface area (Å²) in [6.07, 6.45) is 0. The molecule has 0 unspecified atom stereocenters. The van der Waals surface area contributed by atoms with Crippen LogP contribution in [-0.2, 0) is 0 Å². The van der Waals surface area contributed by atoms with Crippen LogP contribution in [0.3, 0.4) is 0 Å². The molecule has 0 saturated carbocycles. The van der Waals surface area contributed by atoms with Gasteiger partial charge in [0.15, 0.2) is 0 Å². The van der Waals surface area contributed by atoms with Gasteiger partial charge < -0.3 is 5.32 Å². The highest BCUT2D eigenvalue weighted by Gasteiger charge is 2.19. The van der Waals surface area contributed by atoms with Crippen molar-refractivity contribution < 1.29 is 9.18 Å². The second kappa shape index (κ2) is 5.95. The fourth-order valence-corrected chi connectivity index (χ4v) is 4.20. The van der Waals surface area contributed by atoms with E-state index in [0.29, 0.717) is 26.5 Å². The Labute approximate surface area is 142 Å². The Bertz CT molecular complexity index is 909. The highest BCUT2D eigenvalue weighted by atomic mass is 35.5. The molecule has 3 rings (SSSR count). The van der Waals surface area contributed by atoms with Crippen LogP contribution >= 0.6 is 22.9 Å². The predicted molar refractivity (Wildman–Crippen MR) is 95.4 cm³/mol. The van der Waals surface area contributed by atoms with Gasteiger partial charge >= 0.3 is 0 Å². The monoisotopic (exact) mass is 347 g/mol. The smallest absolute Gasteiger partial charge is 0.266 e. The van der Waals surface area contributed by atoms with E-state index in [0.717, 1.165) is 15.8 Å². The maximum atomic E-state index is 14.0. The third-order valence-corrected chi connectivity index (χ3v) is 5.33. The van der Waals surface area contributed by atoms with Crippen LogP contribution in [0.15, 0.2) is 30.3 Å². The summed E-state index contributed by atoms with van der Waals surface area (Å²) in [5.74, 6) is -0.572. The zero-order chi connectivity index (χ0) is 16.7. The summed E-state index contributed by atoms with van der Waals surface area (Å²) < 4.78 is 14.7. The standard InChI is InChI=1S/C18H15ClFNOS/c1-9-7-10(2)16(12(19)8-9)21-18(22)17-11(3)15-13(20)5-4-6-14(15)23-17/h4-8H,1-3H3,(H,21,22). The molecular weight excluding hydrogens is 333 g/mol. The van der Waals surface area contributed by atoms with Crippen LogP contribution in [0.5, 0.6) is 0 Å². The SMILES string of the molecule is Cc1cc(C)c(NC(=O)c2sc3cccc(F)c3c2C)c(Cl)c1. The summed E-state index contributed by atoms with van der Waals surface area (Å²) in [4.78, 5) is 13.1. The molecule has 0 saturated heterocycles. The molecule has 0 aliphatic carbocycles. The van der Waals surface area contributed by atoms with Gasteiger partial charge in [-0.05, 0) is 55.7 Å². The van der Waals surface area contributed by atoms with Crippen LogP contribution in [0.1, 0.15) is 26.4 Å². The normalized spacial score (nSPS) is 11.0. The van der Waals surface area contributed by atoms with Gasteiger partial charge in [0.25, 0.3) is 5.91 Å². The first-order valence-electron chi connectivity index (χ1n) is 7.14. The Kier molecular flexibility index (Phi) is 4.13. The molecule has 0 aliphatic rings. The molecule has 3 aromatic rings. The lowest BCUT2D eigenvalue weighted by molar-refractivity contribution is 0.103. The lowest BCUT2D eigenvalue weighted by Crippen LogP contribution is -2.13. The highest BCUT2D eigenvalue weighted by Crippen LogP contribution is 2.34. The van der Waals surface area contributed by atoms with Gasteiger partial charge in [0.05, 0.1) is 15.6 Å². The molecule has 2 nitrogen and oxygen atoms in total. The van der Waals surface area contributed by atoms with Crippen molar-refractivity contribution in [1.29, 1.82) is 0 Å². The number of amides is 1. The largest absolute Gasteiger partial charge is 0.320 e. The molecule has 1 amide bonds. The minimum atomic E-state index is -0.306. The fraction of sp³-hybridized carbons (Fsp3) is 0.167. The van der Waals surface area contributed by atoms with Gasteiger partial charge in [-0.3, -0.25) is 4.79 Å². The second-order valence-corrected chi connectivity index (χ2v) is 7.02. The number of fused-ring (bicyclic) bond motifs is 1. The summed E-state index contributed by atoms with van der Waals surface area (Å²) in [5, 5.41) is 3.87. The molecule has 2 aromatic carbocycles. The number of hydrogen-bond donors (Lipinski definition) is 1. The van der Waals surface area contributed by atoms with E-state index in [9.17, 15) is 9.18 Å². The first-order chi connectivity index (χ1) is 10.9. The van der Waals surface area contributed by atoms with E-state index in [-0.39, 0.29) is 11.7 Å². The second-order valence-electron chi connectivity index (χ2n) is 5.56. The minimum absolute atomic E-state index is 0.267. The predicted octanol–water partition coefficient (Wildman–Crippen LogP) is 5.87. The van der Waals surface area contributed by atoms with Gasteiger partial charge in [0, 0.05) is 10.1 Å². The number of carbonyl (C=O) groups excluding carboxylic acids is 1. The van der Waals surface area contributed by atoms with Crippen molar-refractivity contribution in [3.63, 3.8) is 0 Å².